The van der Waals surface area contributed by atoms with Gasteiger partial charge in [-0.2, -0.15) is 0 Å². The summed E-state index contributed by atoms with van der Waals surface area (Å²) >= 11 is 0. The maximum Gasteiger partial charge on any atom is 0.326 e. The fourth-order valence-electron chi connectivity index (χ4n) is 2.89. The first kappa shape index (κ1) is 13.8. The molecular weight excluding hydrogens is 248 g/mol. The van der Waals surface area contributed by atoms with Crippen LogP contribution in [0.3, 0.4) is 0 Å². The molecule has 0 saturated carbocycles. The first-order valence-electron chi connectivity index (χ1n) is 6.78. The van der Waals surface area contributed by atoms with Crippen LogP contribution in [-0.4, -0.2) is 58.9 Å². The molecule has 0 spiro atoms. The minimum atomic E-state index is -0.937. The SMILES string of the molecule is CN1CC(C(=O)N2CCCCCC2C(=O)O)CC1=O. The van der Waals surface area contributed by atoms with Crippen LogP contribution in [0.4, 0.5) is 0 Å². The smallest absolute Gasteiger partial charge is 0.326 e. The molecule has 6 heteroatoms. The predicted molar refractivity (Wildman–Crippen MR) is 67.3 cm³/mol. The number of carboxylic acids is 1. The Morgan fingerprint density at radius 3 is 2.58 bits per heavy atom. The van der Waals surface area contributed by atoms with Gasteiger partial charge in [-0.3, -0.25) is 9.59 Å². The Morgan fingerprint density at radius 2 is 2.00 bits per heavy atom. The van der Waals surface area contributed by atoms with E-state index in [-0.39, 0.29) is 24.2 Å². The van der Waals surface area contributed by atoms with E-state index in [9.17, 15) is 19.5 Å². The minimum Gasteiger partial charge on any atom is -0.480 e. The van der Waals surface area contributed by atoms with Crippen LogP contribution in [0.5, 0.6) is 0 Å². The fraction of sp³-hybridized carbons (Fsp3) is 0.769. The predicted octanol–water partition coefficient (Wildman–Crippen LogP) is 0.320. The van der Waals surface area contributed by atoms with Crippen molar-refractivity contribution in [3.63, 3.8) is 0 Å². The van der Waals surface area contributed by atoms with Crippen LogP contribution in [-0.2, 0) is 14.4 Å². The molecule has 2 heterocycles. The molecule has 0 aromatic heterocycles. The molecule has 19 heavy (non-hydrogen) atoms. The van der Waals surface area contributed by atoms with Crippen molar-refractivity contribution in [2.24, 2.45) is 5.92 Å². The van der Waals surface area contributed by atoms with Gasteiger partial charge < -0.3 is 14.9 Å². The zero-order chi connectivity index (χ0) is 14.0. The summed E-state index contributed by atoms with van der Waals surface area (Å²) in [4.78, 5) is 38.2. The van der Waals surface area contributed by atoms with Crippen molar-refractivity contribution in [2.45, 2.75) is 38.1 Å². The van der Waals surface area contributed by atoms with Crippen molar-refractivity contribution in [3.8, 4) is 0 Å². The number of nitrogens with zero attached hydrogens (tertiary/aromatic N) is 2. The Kier molecular flexibility index (Phi) is 4.07. The van der Waals surface area contributed by atoms with Crippen LogP contribution in [0.25, 0.3) is 0 Å². The summed E-state index contributed by atoms with van der Waals surface area (Å²) in [5.74, 6) is -1.53. The van der Waals surface area contributed by atoms with Gasteiger partial charge in [-0.1, -0.05) is 12.8 Å². The molecule has 0 bridgehead atoms. The molecule has 1 N–H and O–H groups in total. The highest BCUT2D eigenvalue weighted by Gasteiger charge is 2.39. The number of amides is 2. The van der Waals surface area contributed by atoms with Crippen LogP contribution < -0.4 is 0 Å². The molecule has 6 nitrogen and oxygen atoms in total. The summed E-state index contributed by atoms with van der Waals surface area (Å²) in [6.45, 7) is 0.894. The van der Waals surface area contributed by atoms with E-state index in [1.54, 1.807) is 7.05 Å². The van der Waals surface area contributed by atoms with Crippen molar-refractivity contribution in [3.05, 3.63) is 0 Å². The van der Waals surface area contributed by atoms with Gasteiger partial charge in [0.05, 0.1) is 5.92 Å². The van der Waals surface area contributed by atoms with Crippen molar-refractivity contribution in [1.82, 2.24) is 9.80 Å². The number of likely N-dealkylation sites (tertiary alicyclic amines) is 2. The summed E-state index contributed by atoms with van der Waals surface area (Å²) in [6, 6.07) is -0.726. The first-order valence-corrected chi connectivity index (χ1v) is 6.78. The van der Waals surface area contributed by atoms with Gasteiger partial charge in [-0.25, -0.2) is 4.79 Å². The van der Waals surface area contributed by atoms with Crippen molar-refractivity contribution < 1.29 is 19.5 Å². The van der Waals surface area contributed by atoms with E-state index >= 15 is 0 Å². The molecule has 2 aliphatic rings. The molecule has 2 fully saturated rings. The lowest BCUT2D eigenvalue weighted by molar-refractivity contribution is -0.151. The quantitative estimate of drug-likeness (QED) is 0.782. The third-order valence-electron chi connectivity index (χ3n) is 4.01. The van der Waals surface area contributed by atoms with Gasteiger partial charge >= 0.3 is 5.97 Å². The topological polar surface area (TPSA) is 77.9 Å². The van der Waals surface area contributed by atoms with Gasteiger partial charge in [0.1, 0.15) is 6.04 Å². The monoisotopic (exact) mass is 268 g/mol. The van der Waals surface area contributed by atoms with Gasteiger partial charge in [0, 0.05) is 26.6 Å². The molecular formula is C13H20N2O4. The molecule has 0 radical (unpaired) electrons. The number of rotatable bonds is 2. The molecule has 2 rings (SSSR count). The van der Waals surface area contributed by atoms with Gasteiger partial charge in [0.15, 0.2) is 0 Å². The molecule has 0 aromatic rings. The normalized spacial score (nSPS) is 28.4. The Balaban J connectivity index is 2.10. The average molecular weight is 268 g/mol. The third-order valence-corrected chi connectivity index (χ3v) is 4.01. The summed E-state index contributed by atoms with van der Waals surface area (Å²) in [6.07, 6.45) is 3.35. The van der Waals surface area contributed by atoms with Crippen molar-refractivity contribution in [2.75, 3.05) is 20.1 Å². The summed E-state index contributed by atoms with van der Waals surface area (Å²) in [5.41, 5.74) is 0. The number of aliphatic carboxylic acids is 1. The maximum absolute atomic E-state index is 12.4. The highest BCUT2D eigenvalue weighted by molar-refractivity contribution is 5.91. The van der Waals surface area contributed by atoms with Gasteiger partial charge in [0.25, 0.3) is 0 Å². The number of hydrogen-bond acceptors (Lipinski definition) is 3. The Bertz CT molecular complexity index is 396. The molecule has 0 aromatic carbocycles. The molecule has 2 amide bonds. The lowest BCUT2D eigenvalue weighted by Crippen LogP contribution is -2.47. The summed E-state index contributed by atoms with van der Waals surface area (Å²) in [7, 11) is 1.67. The van der Waals surface area contributed by atoms with E-state index in [0.29, 0.717) is 19.5 Å². The van der Waals surface area contributed by atoms with Gasteiger partial charge in [0.2, 0.25) is 11.8 Å². The maximum atomic E-state index is 12.4. The molecule has 2 saturated heterocycles. The van der Waals surface area contributed by atoms with Crippen LogP contribution in [0.1, 0.15) is 32.1 Å². The number of carboxylic acid groups (broad SMARTS) is 1. The number of carbonyl (C=O) groups excluding carboxylic acids is 2. The van der Waals surface area contributed by atoms with Crippen LogP contribution >= 0.6 is 0 Å². The number of carbonyl (C=O) groups is 3. The molecule has 2 aliphatic heterocycles. The van der Waals surface area contributed by atoms with Crippen LogP contribution in [0.15, 0.2) is 0 Å². The second-order valence-electron chi connectivity index (χ2n) is 5.41. The van der Waals surface area contributed by atoms with Crippen LogP contribution in [0, 0.1) is 5.92 Å². The van der Waals surface area contributed by atoms with Crippen molar-refractivity contribution in [1.29, 1.82) is 0 Å². The van der Waals surface area contributed by atoms with Crippen molar-refractivity contribution >= 4 is 17.8 Å². The highest BCUT2D eigenvalue weighted by atomic mass is 16.4. The van der Waals surface area contributed by atoms with E-state index in [1.807, 2.05) is 0 Å². The second-order valence-corrected chi connectivity index (χ2v) is 5.41. The summed E-state index contributed by atoms with van der Waals surface area (Å²) in [5, 5.41) is 9.26. The van der Waals surface area contributed by atoms with Crippen LogP contribution in [0.2, 0.25) is 0 Å². The molecule has 106 valence electrons. The van der Waals surface area contributed by atoms with Gasteiger partial charge in [-0.05, 0) is 12.8 Å². The lowest BCUT2D eigenvalue weighted by Gasteiger charge is -2.29. The van der Waals surface area contributed by atoms with E-state index in [1.165, 1.54) is 9.80 Å². The van der Waals surface area contributed by atoms with E-state index < -0.39 is 12.0 Å². The fourth-order valence-corrected chi connectivity index (χ4v) is 2.89. The molecule has 2 atom stereocenters. The Labute approximate surface area is 112 Å². The zero-order valence-electron chi connectivity index (χ0n) is 11.2. The largest absolute Gasteiger partial charge is 0.480 e. The second kappa shape index (κ2) is 5.59. The highest BCUT2D eigenvalue weighted by Crippen LogP contribution is 2.24. The minimum absolute atomic E-state index is 0.0416. The summed E-state index contributed by atoms with van der Waals surface area (Å²) < 4.78 is 0. The first-order chi connectivity index (χ1) is 9.00. The Morgan fingerprint density at radius 1 is 1.26 bits per heavy atom. The average Bonchev–Trinajstić information content (AvgIpc) is 2.59. The lowest BCUT2D eigenvalue weighted by atomic mass is 10.0. The number of hydrogen-bond donors (Lipinski definition) is 1. The van der Waals surface area contributed by atoms with Gasteiger partial charge in [-0.15, -0.1) is 0 Å². The van der Waals surface area contributed by atoms with E-state index in [4.69, 9.17) is 0 Å². The zero-order valence-corrected chi connectivity index (χ0v) is 11.2. The standard InChI is InChI=1S/C13H20N2O4/c1-14-8-9(7-11(14)16)12(17)15-6-4-2-3-5-10(15)13(18)19/h9-10H,2-8H2,1H3,(H,18,19). The molecule has 2 unspecified atom stereocenters. The third kappa shape index (κ3) is 2.88. The Hall–Kier alpha value is -1.59. The molecule has 0 aliphatic carbocycles. The van der Waals surface area contributed by atoms with E-state index in [0.717, 1.165) is 19.3 Å². The van der Waals surface area contributed by atoms with E-state index in [2.05, 4.69) is 0 Å².